The molecule has 1 aliphatic rings. The van der Waals surface area contributed by atoms with Crippen LogP contribution >= 0.6 is 15.9 Å². The summed E-state index contributed by atoms with van der Waals surface area (Å²) in [6.45, 7) is 0. The molecule has 0 unspecified atom stereocenters. The number of carboxylic acid groups (broad SMARTS) is 1. The SMILES string of the molecule is O=C(O)C1(c2ccncc2Br)CCCC1. The molecule has 80 valence electrons. The molecule has 1 heterocycles. The number of hydrogen-bond donors (Lipinski definition) is 1. The van der Waals surface area contributed by atoms with Gasteiger partial charge in [-0.25, -0.2) is 0 Å². The van der Waals surface area contributed by atoms with Crippen molar-refractivity contribution in [1.29, 1.82) is 0 Å². The lowest BCUT2D eigenvalue weighted by molar-refractivity contribution is -0.143. The summed E-state index contributed by atoms with van der Waals surface area (Å²) >= 11 is 3.38. The molecule has 1 N–H and O–H groups in total. The van der Waals surface area contributed by atoms with E-state index in [-0.39, 0.29) is 0 Å². The van der Waals surface area contributed by atoms with Crippen LogP contribution in [0.5, 0.6) is 0 Å². The fourth-order valence-corrected chi connectivity index (χ4v) is 2.97. The van der Waals surface area contributed by atoms with Gasteiger partial charge in [0.25, 0.3) is 0 Å². The highest BCUT2D eigenvalue weighted by Crippen LogP contribution is 2.43. The lowest BCUT2D eigenvalue weighted by atomic mass is 9.79. The minimum absolute atomic E-state index is 0.693. The molecule has 1 fully saturated rings. The lowest BCUT2D eigenvalue weighted by Gasteiger charge is -2.25. The van der Waals surface area contributed by atoms with Crippen LogP contribution in [0.2, 0.25) is 0 Å². The fourth-order valence-electron chi connectivity index (χ4n) is 2.34. The molecule has 0 radical (unpaired) electrons. The number of rotatable bonds is 2. The Morgan fingerprint density at radius 3 is 2.67 bits per heavy atom. The van der Waals surface area contributed by atoms with Crippen LogP contribution < -0.4 is 0 Å². The Kier molecular flexibility index (Phi) is 2.78. The molecule has 0 spiro atoms. The van der Waals surface area contributed by atoms with E-state index in [9.17, 15) is 9.90 Å². The van der Waals surface area contributed by atoms with Gasteiger partial charge in [-0.05, 0) is 40.4 Å². The topological polar surface area (TPSA) is 50.2 Å². The van der Waals surface area contributed by atoms with Crippen molar-refractivity contribution in [2.75, 3.05) is 0 Å². The molecule has 1 aromatic rings. The average molecular weight is 270 g/mol. The van der Waals surface area contributed by atoms with Crippen molar-refractivity contribution in [3.63, 3.8) is 0 Å². The van der Waals surface area contributed by atoms with Gasteiger partial charge in [-0.1, -0.05) is 12.8 Å². The van der Waals surface area contributed by atoms with Gasteiger partial charge in [0, 0.05) is 16.9 Å². The monoisotopic (exact) mass is 269 g/mol. The van der Waals surface area contributed by atoms with E-state index >= 15 is 0 Å². The van der Waals surface area contributed by atoms with Crippen molar-refractivity contribution in [3.05, 3.63) is 28.5 Å². The largest absolute Gasteiger partial charge is 0.481 e. The zero-order valence-corrected chi connectivity index (χ0v) is 9.83. The van der Waals surface area contributed by atoms with E-state index in [1.165, 1.54) is 0 Å². The van der Waals surface area contributed by atoms with Crippen LogP contribution in [0.1, 0.15) is 31.2 Å². The summed E-state index contributed by atoms with van der Waals surface area (Å²) < 4.78 is 0.800. The third-order valence-corrected chi connectivity index (χ3v) is 3.79. The Morgan fingerprint density at radius 2 is 2.13 bits per heavy atom. The first-order valence-corrected chi connectivity index (χ1v) is 5.79. The summed E-state index contributed by atoms with van der Waals surface area (Å²) in [7, 11) is 0. The first-order chi connectivity index (χ1) is 7.17. The maximum Gasteiger partial charge on any atom is 0.314 e. The van der Waals surface area contributed by atoms with E-state index in [4.69, 9.17) is 0 Å². The summed E-state index contributed by atoms with van der Waals surface area (Å²) in [5.74, 6) is -0.716. The Morgan fingerprint density at radius 1 is 1.47 bits per heavy atom. The van der Waals surface area contributed by atoms with Crippen LogP contribution in [0.4, 0.5) is 0 Å². The van der Waals surface area contributed by atoms with Gasteiger partial charge in [0.05, 0.1) is 5.41 Å². The Bertz CT molecular complexity index is 386. The van der Waals surface area contributed by atoms with Gasteiger partial charge in [0.2, 0.25) is 0 Å². The zero-order chi connectivity index (χ0) is 10.9. The number of halogens is 1. The molecule has 0 aliphatic heterocycles. The first-order valence-electron chi connectivity index (χ1n) is 5.00. The second-order valence-electron chi connectivity index (χ2n) is 3.95. The van der Waals surface area contributed by atoms with Crippen LogP contribution in [0.3, 0.4) is 0 Å². The third-order valence-electron chi connectivity index (χ3n) is 3.15. The average Bonchev–Trinajstić information content (AvgIpc) is 2.68. The molecule has 0 amide bonds. The number of carbonyl (C=O) groups is 1. The van der Waals surface area contributed by atoms with E-state index in [2.05, 4.69) is 20.9 Å². The minimum atomic E-state index is -0.716. The molecule has 15 heavy (non-hydrogen) atoms. The number of pyridine rings is 1. The maximum atomic E-state index is 11.4. The Balaban J connectivity index is 2.50. The van der Waals surface area contributed by atoms with E-state index in [0.29, 0.717) is 0 Å². The smallest absolute Gasteiger partial charge is 0.314 e. The van der Waals surface area contributed by atoms with Gasteiger partial charge >= 0.3 is 5.97 Å². The van der Waals surface area contributed by atoms with Crippen molar-refractivity contribution in [1.82, 2.24) is 4.98 Å². The highest BCUT2D eigenvalue weighted by atomic mass is 79.9. The molecule has 3 nitrogen and oxygen atoms in total. The first kappa shape index (κ1) is 10.6. The van der Waals surface area contributed by atoms with Crippen LogP contribution in [0, 0.1) is 0 Å². The highest BCUT2D eigenvalue weighted by Gasteiger charge is 2.43. The molecule has 1 aliphatic carbocycles. The van der Waals surface area contributed by atoms with Gasteiger partial charge in [-0.2, -0.15) is 0 Å². The Labute approximate surface area is 96.7 Å². The number of carboxylic acids is 1. The van der Waals surface area contributed by atoms with Crippen LogP contribution in [-0.4, -0.2) is 16.1 Å². The number of hydrogen-bond acceptors (Lipinski definition) is 2. The van der Waals surface area contributed by atoms with Crippen molar-refractivity contribution in [3.8, 4) is 0 Å². The summed E-state index contributed by atoms with van der Waals surface area (Å²) in [5.41, 5.74) is 0.171. The fraction of sp³-hybridized carbons (Fsp3) is 0.455. The van der Waals surface area contributed by atoms with E-state index in [1.54, 1.807) is 12.4 Å². The maximum absolute atomic E-state index is 11.4. The lowest BCUT2D eigenvalue weighted by Crippen LogP contribution is -2.33. The molecule has 0 atom stereocenters. The number of aromatic nitrogens is 1. The molecule has 4 heteroatoms. The quantitative estimate of drug-likeness (QED) is 0.898. The molecular weight excluding hydrogens is 258 g/mol. The van der Waals surface area contributed by atoms with Gasteiger partial charge in [0.1, 0.15) is 0 Å². The highest BCUT2D eigenvalue weighted by molar-refractivity contribution is 9.10. The molecule has 0 aromatic carbocycles. The predicted octanol–water partition coefficient (Wildman–Crippen LogP) is 2.74. The third kappa shape index (κ3) is 1.67. The summed E-state index contributed by atoms with van der Waals surface area (Å²) in [5, 5.41) is 9.40. The predicted molar refractivity (Wildman–Crippen MR) is 59.7 cm³/mol. The van der Waals surface area contributed by atoms with Gasteiger partial charge in [-0.15, -0.1) is 0 Å². The zero-order valence-electron chi connectivity index (χ0n) is 8.24. The molecule has 0 bridgehead atoms. The van der Waals surface area contributed by atoms with Crippen molar-refractivity contribution >= 4 is 21.9 Å². The van der Waals surface area contributed by atoms with Crippen LogP contribution in [-0.2, 0) is 10.2 Å². The molecule has 2 rings (SSSR count). The minimum Gasteiger partial charge on any atom is -0.481 e. The van der Waals surface area contributed by atoms with Gasteiger partial charge in [-0.3, -0.25) is 9.78 Å². The second kappa shape index (κ2) is 3.93. The van der Waals surface area contributed by atoms with E-state index in [0.717, 1.165) is 35.7 Å². The standard InChI is InChI=1S/C11H12BrNO2/c12-9-7-13-6-3-8(9)11(10(14)15)4-1-2-5-11/h3,6-7H,1-2,4-5H2,(H,14,15). The normalized spacial score (nSPS) is 19.0. The molecule has 1 saturated carbocycles. The molecular formula is C11H12BrNO2. The number of aliphatic carboxylic acids is 1. The molecule has 1 aromatic heterocycles. The Hall–Kier alpha value is -0.900. The van der Waals surface area contributed by atoms with Crippen LogP contribution in [0.25, 0.3) is 0 Å². The van der Waals surface area contributed by atoms with Crippen LogP contribution in [0.15, 0.2) is 22.9 Å². The molecule has 0 saturated heterocycles. The van der Waals surface area contributed by atoms with Crippen molar-refractivity contribution < 1.29 is 9.90 Å². The summed E-state index contributed by atoms with van der Waals surface area (Å²) in [6.07, 6.45) is 6.75. The van der Waals surface area contributed by atoms with Crippen molar-refractivity contribution in [2.45, 2.75) is 31.1 Å². The second-order valence-corrected chi connectivity index (χ2v) is 4.80. The van der Waals surface area contributed by atoms with E-state index in [1.807, 2.05) is 6.07 Å². The summed E-state index contributed by atoms with van der Waals surface area (Å²) in [4.78, 5) is 15.4. The van der Waals surface area contributed by atoms with E-state index < -0.39 is 11.4 Å². The van der Waals surface area contributed by atoms with Gasteiger partial charge in [0.15, 0.2) is 0 Å². The number of nitrogens with zero attached hydrogens (tertiary/aromatic N) is 1. The van der Waals surface area contributed by atoms with Crippen molar-refractivity contribution in [2.24, 2.45) is 0 Å². The van der Waals surface area contributed by atoms with Gasteiger partial charge < -0.3 is 5.11 Å². The summed E-state index contributed by atoms with van der Waals surface area (Å²) in [6, 6.07) is 1.81.